The van der Waals surface area contributed by atoms with Gasteiger partial charge in [0.15, 0.2) is 5.69 Å². The molecule has 0 unspecified atom stereocenters. The number of rotatable bonds is 3. The highest BCUT2D eigenvalue weighted by atomic mass is 15.4. The number of H-pyrrole nitrogens is 1. The van der Waals surface area contributed by atoms with Crippen LogP contribution in [-0.2, 0) is 0 Å². The number of fused-ring (bicyclic) bond motifs is 2. The Morgan fingerprint density at radius 2 is 1.74 bits per heavy atom. The van der Waals surface area contributed by atoms with E-state index in [9.17, 15) is 0 Å². The summed E-state index contributed by atoms with van der Waals surface area (Å²) in [4.78, 5) is 4.34. The lowest BCUT2D eigenvalue weighted by Gasteiger charge is -1.97. The van der Waals surface area contributed by atoms with Crippen molar-refractivity contribution in [3.8, 4) is 11.5 Å². The summed E-state index contributed by atoms with van der Waals surface area (Å²) >= 11 is 0. The minimum Gasteiger partial charge on any atom is -0.293 e. The molecule has 1 N–H and O–H groups in total. The van der Waals surface area contributed by atoms with Gasteiger partial charge in [0.05, 0.1) is 11.4 Å². The number of nitrogens with zero attached hydrogens (tertiary/aromatic N) is 6. The Labute approximate surface area is 154 Å². The molecule has 7 nitrogen and oxygen atoms in total. The van der Waals surface area contributed by atoms with Gasteiger partial charge in [-0.3, -0.25) is 10.1 Å². The summed E-state index contributed by atoms with van der Waals surface area (Å²) in [5, 5.41) is 22.9. The molecule has 5 aromatic rings. The van der Waals surface area contributed by atoms with Crippen LogP contribution in [0.2, 0.25) is 0 Å². The summed E-state index contributed by atoms with van der Waals surface area (Å²) in [6.45, 7) is 1.94. The topological polar surface area (TPSA) is 83.6 Å². The summed E-state index contributed by atoms with van der Waals surface area (Å²) < 4.78 is 1.78. The molecule has 0 amide bonds. The van der Waals surface area contributed by atoms with Gasteiger partial charge in [0, 0.05) is 6.20 Å². The second-order valence-electron chi connectivity index (χ2n) is 6.21. The van der Waals surface area contributed by atoms with Crippen molar-refractivity contribution < 1.29 is 0 Å². The number of hydrogen-bond donors (Lipinski definition) is 1. The third kappa shape index (κ3) is 2.65. The molecule has 3 heterocycles. The monoisotopic (exact) mass is 353 g/mol. The van der Waals surface area contributed by atoms with Gasteiger partial charge < -0.3 is 0 Å². The van der Waals surface area contributed by atoms with E-state index in [-0.39, 0.29) is 0 Å². The fraction of sp³-hybridized carbons (Fsp3) is 0.0500. The summed E-state index contributed by atoms with van der Waals surface area (Å²) in [7, 11) is 0. The van der Waals surface area contributed by atoms with Gasteiger partial charge in [0.25, 0.3) is 0 Å². The molecule has 0 atom stereocenters. The zero-order valence-corrected chi connectivity index (χ0v) is 14.5. The third-order valence-electron chi connectivity index (χ3n) is 4.40. The first-order chi connectivity index (χ1) is 13.3. The average molecular weight is 353 g/mol. The van der Waals surface area contributed by atoms with Crippen molar-refractivity contribution >= 4 is 27.8 Å². The number of aromatic amines is 1. The van der Waals surface area contributed by atoms with Crippen LogP contribution in [0.25, 0.3) is 27.9 Å². The number of pyridine rings is 1. The van der Waals surface area contributed by atoms with Crippen molar-refractivity contribution in [2.75, 3.05) is 0 Å². The average Bonchev–Trinajstić information content (AvgIpc) is 3.25. The first kappa shape index (κ1) is 15.4. The third-order valence-corrected chi connectivity index (χ3v) is 4.40. The molecule has 130 valence electrons. The van der Waals surface area contributed by atoms with Crippen LogP contribution in [0, 0.1) is 6.92 Å². The first-order valence-corrected chi connectivity index (χ1v) is 8.55. The molecule has 27 heavy (non-hydrogen) atoms. The van der Waals surface area contributed by atoms with E-state index in [2.05, 4.69) is 42.6 Å². The van der Waals surface area contributed by atoms with Crippen LogP contribution in [-0.4, -0.2) is 24.8 Å². The molecule has 3 aromatic heterocycles. The van der Waals surface area contributed by atoms with Crippen molar-refractivity contribution in [2.45, 2.75) is 6.92 Å². The SMILES string of the molecule is Cc1[nH]n2c(-c3ccccn3)nnc2c1N=Nc1ccc2ccccc2c1. The van der Waals surface area contributed by atoms with Gasteiger partial charge >= 0.3 is 0 Å². The quantitative estimate of drug-likeness (QED) is 0.463. The number of hydrogen-bond acceptors (Lipinski definition) is 5. The van der Waals surface area contributed by atoms with Gasteiger partial charge in [-0.2, -0.15) is 5.11 Å². The maximum atomic E-state index is 4.43. The second-order valence-corrected chi connectivity index (χ2v) is 6.21. The summed E-state index contributed by atoms with van der Waals surface area (Å²) in [5.74, 6) is 0.640. The van der Waals surface area contributed by atoms with E-state index >= 15 is 0 Å². The van der Waals surface area contributed by atoms with Crippen molar-refractivity contribution in [1.29, 1.82) is 0 Å². The van der Waals surface area contributed by atoms with Crippen molar-refractivity contribution in [1.82, 2.24) is 24.8 Å². The molecule has 0 bridgehead atoms. The molecular weight excluding hydrogens is 338 g/mol. The van der Waals surface area contributed by atoms with Crippen molar-refractivity contribution in [3.05, 3.63) is 72.6 Å². The maximum Gasteiger partial charge on any atom is 0.205 e. The predicted molar refractivity (Wildman–Crippen MR) is 103 cm³/mol. The standard InChI is InChI=1S/C20H15N7/c1-13-18(23-22-16-10-9-14-6-2-3-7-15(14)12-16)20-25-24-19(27(20)26-13)17-8-4-5-11-21-17/h2-12,26H,1H3. The smallest absolute Gasteiger partial charge is 0.205 e. The predicted octanol–water partition coefficient (Wildman–Crippen LogP) is 5.00. The highest BCUT2D eigenvalue weighted by Gasteiger charge is 2.16. The van der Waals surface area contributed by atoms with E-state index in [1.54, 1.807) is 10.7 Å². The van der Waals surface area contributed by atoms with Crippen LogP contribution in [0.5, 0.6) is 0 Å². The number of nitrogens with one attached hydrogen (secondary N) is 1. The lowest BCUT2D eigenvalue weighted by molar-refractivity contribution is 0.931. The van der Waals surface area contributed by atoms with Crippen LogP contribution in [0.15, 0.2) is 77.1 Å². The summed E-state index contributed by atoms with van der Waals surface area (Å²) in [6, 6.07) is 19.9. The zero-order valence-electron chi connectivity index (χ0n) is 14.5. The Morgan fingerprint density at radius 3 is 2.59 bits per heavy atom. The van der Waals surface area contributed by atoms with Gasteiger partial charge in [-0.15, -0.1) is 15.3 Å². The maximum absolute atomic E-state index is 4.43. The van der Waals surface area contributed by atoms with Crippen LogP contribution in [0.1, 0.15) is 5.69 Å². The van der Waals surface area contributed by atoms with Gasteiger partial charge in [-0.05, 0) is 42.0 Å². The zero-order chi connectivity index (χ0) is 18.2. The molecule has 0 aliphatic carbocycles. The van der Waals surface area contributed by atoms with Gasteiger partial charge in [0.2, 0.25) is 11.5 Å². The van der Waals surface area contributed by atoms with E-state index in [4.69, 9.17) is 0 Å². The highest BCUT2D eigenvalue weighted by Crippen LogP contribution is 2.29. The van der Waals surface area contributed by atoms with Gasteiger partial charge in [0.1, 0.15) is 5.69 Å². The van der Waals surface area contributed by atoms with Crippen LogP contribution in [0.3, 0.4) is 0 Å². The number of aromatic nitrogens is 5. The number of benzene rings is 2. The molecule has 5 rings (SSSR count). The van der Waals surface area contributed by atoms with E-state index < -0.39 is 0 Å². The first-order valence-electron chi connectivity index (χ1n) is 8.55. The molecule has 0 saturated heterocycles. The largest absolute Gasteiger partial charge is 0.293 e. The highest BCUT2D eigenvalue weighted by molar-refractivity contribution is 5.85. The molecule has 0 radical (unpaired) electrons. The Hall–Kier alpha value is -3.87. The minimum atomic E-state index is 0.623. The molecule has 0 aliphatic rings. The lowest BCUT2D eigenvalue weighted by atomic mass is 10.1. The van der Waals surface area contributed by atoms with Crippen LogP contribution in [0.4, 0.5) is 11.4 Å². The molecule has 2 aromatic carbocycles. The molecule has 0 spiro atoms. The van der Waals surface area contributed by atoms with Gasteiger partial charge in [-0.1, -0.05) is 36.4 Å². The molecule has 0 fully saturated rings. The van der Waals surface area contributed by atoms with Crippen molar-refractivity contribution in [2.24, 2.45) is 10.2 Å². The molecule has 0 aliphatic heterocycles. The lowest BCUT2D eigenvalue weighted by Crippen LogP contribution is -1.92. The molecule has 7 heteroatoms. The molecule has 0 saturated carbocycles. The Balaban J connectivity index is 1.55. The fourth-order valence-electron chi connectivity index (χ4n) is 3.06. The Bertz CT molecular complexity index is 1280. The van der Waals surface area contributed by atoms with Crippen LogP contribution >= 0.6 is 0 Å². The van der Waals surface area contributed by atoms with E-state index in [0.29, 0.717) is 17.2 Å². The van der Waals surface area contributed by atoms with E-state index in [1.807, 2.05) is 55.5 Å². The van der Waals surface area contributed by atoms with E-state index in [1.165, 1.54) is 5.39 Å². The second kappa shape index (κ2) is 6.14. The van der Waals surface area contributed by atoms with Crippen LogP contribution < -0.4 is 0 Å². The summed E-state index contributed by atoms with van der Waals surface area (Å²) in [6.07, 6.45) is 1.73. The minimum absolute atomic E-state index is 0.623. The van der Waals surface area contributed by atoms with Gasteiger partial charge in [-0.25, -0.2) is 4.52 Å². The normalized spacial score (nSPS) is 11.7. The Kier molecular flexibility index (Phi) is 3.50. The number of azo groups is 1. The Morgan fingerprint density at radius 1 is 0.889 bits per heavy atom. The summed E-state index contributed by atoms with van der Waals surface area (Å²) in [5.41, 5.74) is 3.68. The van der Waals surface area contributed by atoms with E-state index in [0.717, 1.165) is 22.5 Å². The van der Waals surface area contributed by atoms with Crippen molar-refractivity contribution in [3.63, 3.8) is 0 Å². The number of aryl methyl sites for hydroxylation is 1. The fourth-order valence-corrected chi connectivity index (χ4v) is 3.06. The molecular formula is C20H15N7.